The standard InChI is InChI=1S/C17H19BrClN/c1-12(2)17(14-6-8-16(19)9-7-14)20-11-13-4-3-5-15(18)10-13/h3-10,12,17,20H,11H2,1-2H3. The van der Waals surface area contributed by atoms with E-state index in [0.29, 0.717) is 12.0 Å². The van der Waals surface area contributed by atoms with Crippen LogP contribution in [0.3, 0.4) is 0 Å². The van der Waals surface area contributed by atoms with Gasteiger partial charge in [-0.05, 0) is 41.3 Å². The van der Waals surface area contributed by atoms with Crippen molar-refractivity contribution in [2.45, 2.75) is 26.4 Å². The summed E-state index contributed by atoms with van der Waals surface area (Å²) in [6, 6.07) is 16.8. The lowest BCUT2D eigenvalue weighted by molar-refractivity contribution is 0.410. The fourth-order valence-corrected chi connectivity index (χ4v) is 2.86. The fourth-order valence-electron chi connectivity index (χ4n) is 2.28. The normalized spacial score (nSPS) is 12.7. The number of rotatable bonds is 5. The summed E-state index contributed by atoms with van der Waals surface area (Å²) in [6.45, 7) is 5.31. The summed E-state index contributed by atoms with van der Waals surface area (Å²) >= 11 is 9.47. The molecule has 106 valence electrons. The minimum absolute atomic E-state index is 0.325. The lowest BCUT2D eigenvalue weighted by Gasteiger charge is -2.23. The van der Waals surface area contributed by atoms with E-state index in [1.165, 1.54) is 11.1 Å². The average molecular weight is 353 g/mol. The van der Waals surface area contributed by atoms with E-state index in [9.17, 15) is 0 Å². The van der Waals surface area contributed by atoms with Gasteiger partial charge in [0.1, 0.15) is 0 Å². The summed E-state index contributed by atoms with van der Waals surface area (Å²) in [7, 11) is 0. The van der Waals surface area contributed by atoms with Crippen molar-refractivity contribution in [3.8, 4) is 0 Å². The van der Waals surface area contributed by atoms with Crippen LogP contribution in [-0.2, 0) is 6.54 Å². The Kier molecular flexibility index (Phi) is 5.64. The van der Waals surface area contributed by atoms with Gasteiger partial charge in [-0.3, -0.25) is 0 Å². The predicted octanol–water partition coefficient (Wildman–Crippen LogP) is 5.59. The lowest BCUT2D eigenvalue weighted by Crippen LogP contribution is -2.25. The first-order valence-electron chi connectivity index (χ1n) is 6.79. The highest BCUT2D eigenvalue weighted by Gasteiger charge is 2.15. The molecule has 0 spiro atoms. The topological polar surface area (TPSA) is 12.0 Å². The first kappa shape index (κ1) is 15.6. The van der Waals surface area contributed by atoms with E-state index in [2.05, 4.69) is 65.4 Å². The van der Waals surface area contributed by atoms with Crippen LogP contribution in [0.1, 0.15) is 31.0 Å². The second kappa shape index (κ2) is 7.26. The Morgan fingerprint density at radius 2 is 1.80 bits per heavy atom. The zero-order valence-electron chi connectivity index (χ0n) is 11.7. The summed E-state index contributed by atoms with van der Waals surface area (Å²) in [5.74, 6) is 0.517. The van der Waals surface area contributed by atoms with Gasteiger partial charge in [0.25, 0.3) is 0 Å². The van der Waals surface area contributed by atoms with Crippen molar-refractivity contribution in [1.82, 2.24) is 5.32 Å². The van der Waals surface area contributed by atoms with Gasteiger partial charge in [0.2, 0.25) is 0 Å². The Bertz CT molecular complexity index is 551. The van der Waals surface area contributed by atoms with E-state index in [0.717, 1.165) is 16.0 Å². The molecule has 0 aromatic heterocycles. The SMILES string of the molecule is CC(C)C(NCc1cccc(Br)c1)c1ccc(Cl)cc1. The Hall–Kier alpha value is -0.830. The van der Waals surface area contributed by atoms with Crippen LogP contribution in [0.2, 0.25) is 5.02 Å². The third kappa shape index (κ3) is 4.34. The molecule has 0 saturated carbocycles. The molecule has 0 fully saturated rings. The summed E-state index contributed by atoms with van der Waals surface area (Å²) < 4.78 is 1.12. The molecular formula is C17H19BrClN. The van der Waals surface area contributed by atoms with Gasteiger partial charge < -0.3 is 5.32 Å². The maximum atomic E-state index is 5.96. The summed E-state index contributed by atoms with van der Waals surface area (Å²) in [5.41, 5.74) is 2.55. The molecule has 2 rings (SSSR count). The van der Waals surface area contributed by atoms with E-state index in [4.69, 9.17) is 11.6 Å². The molecular weight excluding hydrogens is 334 g/mol. The molecule has 0 heterocycles. The van der Waals surface area contributed by atoms with Gasteiger partial charge in [0.05, 0.1) is 0 Å². The summed E-state index contributed by atoms with van der Waals surface area (Å²) in [4.78, 5) is 0. The van der Waals surface area contributed by atoms with Gasteiger partial charge in [-0.2, -0.15) is 0 Å². The molecule has 3 heteroatoms. The molecule has 2 aromatic rings. The van der Waals surface area contributed by atoms with Crippen LogP contribution in [0.15, 0.2) is 53.0 Å². The van der Waals surface area contributed by atoms with Gasteiger partial charge in [0.15, 0.2) is 0 Å². The Labute approximate surface area is 134 Å². The first-order chi connectivity index (χ1) is 9.56. The highest BCUT2D eigenvalue weighted by molar-refractivity contribution is 9.10. The third-order valence-corrected chi connectivity index (χ3v) is 4.06. The summed E-state index contributed by atoms with van der Waals surface area (Å²) in [6.07, 6.45) is 0. The van der Waals surface area contributed by atoms with Crippen LogP contribution in [0.5, 0.6) is 0 Å². The second-order valence-electron chi connectivity index (χ2n) is 5.28. The highest BCUT2D eigenvalue weighted by atomic mass is 79.9. The molecule has 0 aliphatic rings. The van der Waals surface area contributed by atoms with Crippen molar-refractivity contribution in [2.75, 3.05) is 0 Å². The summed E-state index contributed by atoms with van der Waals surface area (Å²) in [5, 5.41) is 4.42. The number of nitrogens with one attached hydrogen (secondary N) is 1. The zero-order valence-corrected chi connectivity index (χ0v) is 14.1. The minimum Gasteiger partial charge on any atom is -0.306 e. The second-order valence-corrected chi connectivity index (χ2v) is 6.64. The van der Waals surface area contributed by atoms with Crippen LogP contribution < -0.4 is 5.32 Å². The number of hydrogen-bond donors (Lipinski definition) is 1. The lowest BCUT2D eigenvalue weighted by atomic mass is 9.96. The van der Waals surface area contributed by atoms with Crippen molar-refractivity contribution < 1.29 is 0 Å². The molecule has 20 heavy (non-hydrogen) atoms. The van der Waals surface area contributed by atoms with Crippen LogP contribution in [-0.4, -0.2) is 0 Å². The predicted molar refractivity (Wildman–Crippen MR) is 90.0 cm³/mol. The molecule has 0 aliphatic heterocycles. The van der Waals surface area contributed by atoms with Gasteiger partial charge in [-0.15, -0.1) is 0 Å². The number of hydrogen-bond acceptors (Lipinski definition) is 1. The maximum Gasteiger partial charge on any atom is 0.0406 e. The van der Waals surface area contributed by atoms with Crippen LogP contribution >= 0.6 is 27.5 Å². The fraction of sp³-hybridized carbons (Fsp3) is 0.294. The van der Waals surface area contributed by atoms with E-state index in [-0.39, 0.29) is 0 Å². The van der Waals surface area contributed by atoms with Crippen LogP contribution in [0.4, 0.5) is 0 Å². The van der Waals surface area contributed by atoms with Crippen molar-refractivity contribution in [3.63, 3.8) is 0 Å². The molecule has 1 N–H and O–H groups in total. The number of benzene rings is 2. The van der Waals surface area contributed by atoms with Crippen LogP contribution in [0.25, 0.3) is 0 Å². The molecule has 0 amide bonds. The Morgan fingerprint density at radius 1 is 1.10 bits per heavy atom. The Balaban J connectivity index is 2.08. The first-order valence-corrected chi connectivity index (χ1v) is 7.96. The number of halogens is 2. The van der Waals surface area contributed by atoms with Crippen molar-refractivity contribution in [3.05, 3.63) is 69.2 Å². The molecule has 1 nitrogen and oxygen atoms in total. The maximum absolute atomic E-state index is 5.96. The molecule has 0 saturated heterocycles. The molecule has 0 aliphatic carbocycles. The highest BCUT2D eigenvalue weighted by Crippen LogP contribution is 2.24. The van der Waals surface area contributed by atoms with Gasteiger partial charge in [0, 0.05) is 22.1 Å². The smallest absolute Gasteiger partial charge is 0.0406 e. The van der Waals surface area contributed by atoms with Crippen molar-refractivity contribution >= 4 is 27.5 Å². The third-order valence-electron chi connectivity index (χ3n) is 3.31. The Morgan fingerprint density at radius 3 is 2.40 bits per heavy atom. The van der Waals surface area contributed by atoms with Crippen molar-refractivity contribution in [1.29, 1.82) is 0 Å². The van der Waals surface area contributed by atoms with E-state index in [1.54, 1.807) is 0 Å². The van der Waals surface area contributed by atoms with Crippen LogP contribution in [0, 0.1) is 5.92 Å². The quantitative estimate of drug-likeness (QED) is 0.739. The molecule has 1 atom stereocenters. The van der Waals surface area contributed by atoms with E-state index in [1.807, 2.05) is 18.2 Å². The van der Waals surface area contributed by atoms with Crippen molar-refractivity contribution in [2.24, 2.45) is 5.92 Å². The molecule has 1 unspecified atom stereocenters. The van der Waals surface area contributed by atoms with Gasteiger partial charge in [-0.25, -0.2) is 0 Å². The monoisotopic (exact) mass is 351 g/mol. The van der Waals surface area contributed by atoms with E-state index < -0.39 is 0 Å². The van der Waals surface area contributed by atoms with E-state index >= 15 is 0 Å². The molecule has 2 aromatic carbocycles. The zero-order chi connectivity index (χ0) is 14.5. The van der Waals surface area contributed by atoms with Gasteiger partial charge >= 0.3 is 0 Å². The molecule has 0 bridgehead atoms. The molecule has 0 radical (unpaired) electrons. The largest absolute Gasteiger partial charge is 0.306 e. The average Bonchev–Trinajstić information content (AvgIpc) is 2.41. The van der Waals surface area contributed by atoms with Gasteiger partial charge in [-0.1, -0.05) is 65.6 Å². The minimum atomic E-state index is 0.325.